The van der Waals surface area contributed by atoms with E-state index < -0.39 is 0 Å². The lowest BCUT2D eigenvalue weighted by Crippen LogP contribution is -2.36. The van der Waals surface area contributed by atoms with Crippen LogP contribution in [0.4, 0.5) is 5.69 Å². The molecule has 212 valence electrons. The van der Waals surface area contributed by atoms with E-state index in [-0.39, 0.29) is 11.5 Å². The Kier molecular flexibility index (Phi) is 10.5. The first-order valence-corrected chi connectivity index (χ1v) is 14.4. The molecule has 0 aliphatic carbocycles. The highest BCUT2D eigenvalue weighted by molar-refractivity contribution is 5.55. The van der Waals surface area contributed by atoms with Gasteiger partial charge in [-0.25, -0.2) is 0 Å². The van der Waals surface area contributed by atoms with Gasteiger partial charge in [-0.05, 0) is 72.2 Å². The fourth-order valence-corrected chi connectivity index (χ4v) is 4.92. The van der Waals surface area contributed by atoms with Crippen molar-refractivity contribution in [3.63, 3.8) is 0 Å². The van der Waals surface area contributed by atoms with Crippen molar-refractivity contribution in [3.05, 3.63) is 88.0 Å². The molecule has 0 saturated carbocycles. The van der Waals surface area contributed by atoms with Gasteiger partial charge < -0.3 is 24.5 Å². The van der Waals surface area contributed by atoms with E-state index in [1.165, 1.54) is 24.9 Å². The van der Waals surface area contributed by atoms with Crippen LogP contribution in [-0.2, 0) is 19.3 Å². The Morgan fingerprint density at radius 2 is 1.08 bits per heavy atom. The van der Waals surface area contributed by atoms with Crippen LogP contribution in [0.15, 0.2) is 54.6 Å². The van der Waals surface area contributed by atoms with Crippen LogP contribution in [-0.4, -0.2) is 81.1 Å². The first-order chi connectivity index (χ1) is 18.3. The largest absolute Gasteiger partial charge is 0.507 e. The van der Waals surface area contributed by atoms with Crippen molar-refractivity contribution in [1.29, 1.82) is 0 Å². The van der Waals surface area contributed by atoms with Crippen molar-refractivity contribution in [1.82, 2.24) is 0 Å². The maximum atomic E-state index is 10.8. The summed E-state index contributed by atoms with van der Waals surface area (Å²) in [5, 5.41) is 25.1. The van der Waals surface area contributed by atoms with Gasteiger partial charge in [0.2, 0.25) is 0 Å². The van der Waals surface area contributed by atoms with Gasteiger partial charge in [0.1, 0.15) is 11.5 Å². The Labute approximate surface area is 236 Å². The molecule has 3 rings (SSSR count). The predicted molar refractivity (Wildman–Crippen MR) is 165 cm³/mol. The number of nitrogens with zero attached hydrogens (tertiary/aromatic N) is 2. The summed E-state index contributed by atoms with van der Waals surface area (Å²) >= 11 is 0. The molecule has 0 unspecified atom stereocenters. The van der Waals surface area contributed by atoms with E-state index in [1.807, 2.05) is 6.07 Å². The van der Waals surface area contributed by atoms with E-state index in [0.29, 0.717) is 18.4 Å². The Hall–Kier alpha value is -3.02. The Morgan fingerprint density at radius 3 is 1.59 bits per heavy atom. The van der Waals surface area contributed by atoms with Gasteiger partial charge in [0.05, 0.1) is 55.4 Å². The number of aryl methyl sites for hydroxylation is 1. The van der Waals surface area contributed by atoms with Gasteiger partial charge in [0.25, 0.3) is 0 Å². The third-order valence-electron chi connectivity index (χ3n) is 7.31. The minimum atomic E-state index is 0.183. The van der Waals surface area contributed by atoms with Gasteiger partial charge >= 0.3 is 0 Å². The molecule has 5 heteroatoms. The van der Waals surface area contributed by atoms with Crippen molar-refractivity contribution in [2.45, 2.75) is 45.4 Å². The third-order valence-corrected chi connectivity index (χ3v) is 7.31. The number of unbranched alkanes of at least 4 members (excludes halogenated alkanes) is 1. The summed E-state index contributed by atoms with van der Waals surface area (Å²) in [4.78, 5) is 0. The van der Waals surface area contributed by atoms with E-state index >= 15 is 0 Å². The van der Waals surface area contributed by atoms with Crippen molar-refractivity contribution >= 4 is 5.69 Å². The number of aromatic hydroxyl groups is 2. The number of phenols is 2. The highest BCUT2D eigenvalue weighted by atomic mass is 16.3. The van der Waals surface area contributed by atoms with E-state index in [9.17, 15) is 10.2 Å². The van der Waals surface area contributed by atoms with Crippen LogP contribution in [0.2, 0.25) is 0 Å². The molecular formula is C34H51N3O2+2. The lowest BCUT2D eigenvalue weighted by atomic mass is 9.94. The van der Waals surface area contributed by atoms with Crippen LogP contribution in [0.25, 0.3) is 0 Å². The molecule has 0 bridgehead atoms. The van der Waals surface area contributed by atoms with Gasteiger partial charge in [-0.2, -0.15) is 0 Å². The number of anilines is 1. The monoisotopic (exact) mass is 533 g/mol. The summed E-state index contributed by atoms with van der Waals surface area (Å²) in [6, 6.07) is 19.2. The molecule has 0 aliphatic heterocycles. The van der Waals surface area contributed by atoms with Crippen LogP contribution in [0, 0.1) is 6.92 Å². The first-order valence-electron chi connectivity index (χ1n) is 14.4. The number of phenolic OH excluding ortho intramolecular Hbond substituents is 2. The van der Waals surface area contributed by atoms with Crippen molar-refractivity contribution in [3.8, 4) is 11.5 Å². The molecule has 0 aliphatic rings. The van der Waals surface area contributed by atoms with Gasteiger partial charge in [0, 0.05) is 37.1 Å². The molecule has 0 fully saturated rings. The van der Waals surface area contributed by atoms with E-state index in [2.05, 4.69) is 96.1 Å². The second kappa shape index (κ2) is 13.4. The van der Waals surface area contributed by atoms with Crippen molar-refractivity contribution in [2.75, 3.05) is 67.2 Å². The maximum Gasteiger partial charge on any atom is 0.125 e. The molecule has 3 aromatic rings. The lowest BCUT2D eigenvalue weighted by molar-refractivity contribution is -0.870. The first kappa shape index (κ1) is 30.5. The highest BCUT2D eigenvalue weighted by Crippen LogP contribution is 2.36. The molecule has 0 spiro atoms. The van der Waals surface area contributed by atoms with Crippen LogP contribution in [0.5, 0.6) is 11.5 Å². The predicted octanol–water partition coefficient (Wildman–Crippen LogP) is 6.12. The van der Waals surface area contributed by atoms with Crippen LogP contribution < -0.4 is 5.32 Å². The van der Waals surface area contributed by atoms with E-state index in [4.69, 9.17) is 0 Å². The van der Waals surface area contributed by atoms with E-state index in [0.717, 1.165) is 62.8 Å². The minimum Gasteiger partial charge on any atom is -0.507 e. The molecule has 0 radical (unpaired) electrons. The lowest BCUT2D eigenvalue weighted by Gasteiger charge is -2.23. The van der Waals surface area contributed by atoms with Gasteiger partial charge in [-0.1, -0.05) is 36.4 Å². The average molecular weight is 534 g/mol. The van der Waals surface area contributed by atoms with E-state index in [1.54, 1.807) is 6.92 Å². The van der Waals surface area contributed by atoms with Crippen LogP contribution >= 0.6 is 0 Å². The molecule has 0 heterocycles. The van der Waals surface area contributed by atoms with Crippen molar-refractivity contribution in [2.24, 2.45) is 0 Å². The second-order valence-electron chi connectivity index (χ2n) is 13.1. The van der Waals surface area contributed by atoms with Gasteiger partial charge in [0.15, 0.2) is 0 Å². The molecule has 0 saturated heterocycles. The SMILES string of the molecule is Cc1c(O)c(Cc2ccc(CCCC[N+](C)(C)C)cc2)cc(Cc2ccc(NCCC[N+](C)(C)C)cc2)c1O. The van der Waals surface area contributed by atoms with Gasteiger partial charge in [-0.3, -0.25) is 0 Å². The molecule has 5 nitrogen and oxygen atoms in total. The zero-order chi connectivity index (χ0) is 28.6. The summed E-state index contributed by atoms with van der Waals surface area (Å²) < 4.78 is 1.98. The highest BCUT2D eigenvalue weighted by Gasteiger charge is 2.15. The molecule has 3 aromatic carbocycles. The molecule has 0 aromatic heterocycles. The summed E-state index contributed by atoms with van der Waals surface area (Å²) in [7, 11) is 13.4. The standard InChI is InChI=1S/C34H49N3O2/c1-26-33(38)30(23-28-14-12-27(13-15-28)11-8-9-21-36(2,3)4)25-31(34(26)39)24-29-16-18-32(19-17-29)35-20-10-22-37(5,6)7/h12-19,25,35H,8-11,20-24H2,1-7H3/p+2. The minimum absolute atomic E-state index is 0.183. The number of nitrogens with one attached hydrogen (secondary N) is 1. The van der Waals surface area contributed by atoms with Gasteiger partial charge in [-0.15, -0.1) is 0 Å². The zero-order valence-corrected chi connectivity index (χ0v) is 25.3. The summed E-state index contributed by atoms with van der Waals surface area (Å²) in [6.07, 6.45) is 5.90. The number of hydrogen-bond donors (Lipinski definition) is 3. The summed E-state index contributed by atoms with van der Waals surface area (Å²) in [5.74, 6) is 0.372. The molecule has 3 N–H and O–H groups in total. The Balaban J connectivity index is 1.61. The Bertz CT molecular complexity index is 1100. The zero-order valence-electron chi connectivity index (χ0n) is 25.3. The molecule has 0 atom stereocenters. The maximum absolute atomic E-state index is 10.8. The fourth-order valence-electron chi connectivity index (χ4n) is 4.92. The summed E-state index contributed by atoms with van der Waals surface area (Å²) in [5.41, 5.74) is 7.02. The fraction of sp³-hybridized carbons (Fsp3) is 0.471. The molecule has 0 amide bonds. The molecular weight excluding hydrogens is 482 g/mol. The Morgan fingerprint density at radius 1 is 0.615 bits per heavy atom. The topological polar surface area (TPSA) is 52.5 Å². The summed E-state index contributed by atoms with van der Waals surface area (Å²) in [6.45, 7) is 5.07. The quantitative estimate of drug-likeness (QED) is 0.173. The molecule has 39 heavy (non-hydrogen) atoms. The number of hydrogen-bond acceptors (Lipinski definition) is 3. The smallest absolute Gasteiger partial charge is 0.125 e. The second-order valence-corrected chi connectivity index (χ2v) is 13.1. The average Bonchev–Trinajstić information content (AvgIpc) is 2.87. The van der Waals surface area contributed by atoms with Crippen LogP contribution in [0.1, 0.15) is 52.6 Å². The third kappa shape index (κ3) is 10.2. The number of quaternary nitrogens is 2. The van der Waals surface area contributed by atoms with Crippen LogP contribution in [0.3, 0.4) is 0 Å². The normalized spacial score (nSPS) is 12.1. The number of benzene rings is 3. The van der Waals surface area contributed by atoms with Crippen molar-refractivity contribution < 1.29 is 19.2 Å². The number of rotatable bonds is 14.